The van der Waals surface area contributed by atoms with Gasteiger partial charge in [-0.1, -0.05) is 28.6 Å². The fourth-order valence-electron chi connectivity index (χ4n) is 0.657. The number of carbonyl (C=O) groups excluding carboxylic acids is 1. The molecule has 0 aliphatic heterocycles. The van der Waals surface area contributed by atoms with Crippen LogP contribution in [0.3, 0.4) is 0 Å². The molecule has 0 radical (unpaired) electrons. The Balaban J connectivity index is 2.74. The normalized spacial score (nSPS) is 9.27. The van der Waals surface area contributed by atoms with Crippen LogP contribution in [0.4, 0.5) is 10.5 Å². The minimum Gasteiger partial charge on any atom is -0.317 e. The van der Waals surface area contributed by atoms with Crippen LogP contribution in [0.15, 0.2) is 28.7 Å². The van der Waals surface area contributed by atoms with Gasteiger partial charge in [0.1, 0.15) is 0 Å². The zero-order valence-corrected chi connectivity index (χ0v) is 8.02. The van der Waals surface area contributed by atoms with E-state index in [2.05, 4.69) is 33.9 Å². The van der Waals surface area contributed by atoms with Gasteiger partial charge in [-0.3, -0.25) is 4.79 Å². The van der Waals surface area contributed by atoms with E-state index in [0.717, 1.165) is 10.2 Å². The Kier molecular flexibility index (Phi) is 2.96. The Morgan fingerprint density at radius 1 is 1.36 bits per heavy atom. The SMILES string of the molecule is O=C(S)Nc1ccc(Br)cc1. The molecule has 0 bridgehead atoms. The van der Waals surface area contributed by atoms with Crippen LogP contribution in [0, 0.1) is 0 Å². The lowest BCUT2D eigenvalue weighted by Crippen LogP contribution is -2.00. The number of carbonyl (C=O) groups is 1. The van der Waals surface area contributed by atoms with Crippen LogP contribution >= 0.6 is 28.6 Å². The summed E-state index contributed by atoms with van der Waals surface area (Å²) in [6, 6.07) is 7.27. The van der Waals surface area contributed by atoms with Gasteiger partial charge >= 0.3 is 0 Å². The smallest absolute Gasteiger partial charge is 0.280 e. The second-order valence-electron chi connectivity index (χ2n) is 1.94. The van der Waals surface area contributed by atoms with Crippen molar-refractivity contribution in [3.8, 4) is 0 Å². The maximum atomic E-state index is 10.4. The molecule has 0 unspecified atom stereocenters. The van der Waals surface area contributed by atoms with E-state index in [1.54, 1.807) is 12.1 Å². The van der Waals surface area contributed by atoms with Gasteiger partial charge in [-0.25, -0.2) is 0 Å². The summed E-state index contributed by atoms with van der Waals surface area (Å²) in [5.74, 6) is 0. The number of hydrogen-bond donors (Lipinski definition) is 2. The molecule has 0 heterocycles. The Labute approximate surface area is 78.5 Å². The lowest BCUT2D eigenvalue weighted by molar-refractivity contribution is 0.270. The quantitative estimate of drug-likeness (QED) is 0.716. The number of thiol groups is 1. The van der Waals surface area contributed by atoms with Crippen LogP contribution < -0.4 is 5.32 Å². The molecule has 0 fully saturated rings. The molecule has 11 heavy (non-hydrogen) atoms. The summed E-state index contributed by atoms with van der Waals surface area (Å²) < 4.78 is 0.981. The average molecular weight is 232 g/mol. The number of benzene rings is 1. The molecule has 4 heteroatoms. The van der Waals surface area contributed by atoms with Gasteiger partial charge in [0.15, 0.2) is 0 Å². The van der Waals surface area contributed by atoms with Crippen molar-refractivity contribution >= 4 is 39.5 Å². The number of hydrogen-bond acceptors (Lipinski definition) is 1. The van der Waals surface area contributed by atoms with Gasteiger partial charge < -0.3 is 5.32 Å². The van der Waals surface area contributed by atoms with Gasteiger partial charge in [-0.05, 0) is 24.3 Å². The van der Waals surface area contributed by atoms with Gasteiger partial charge in [0.05, 0.1) is 0 Å². The molecule has 0 spiro atoms. The molecule has 58 valence electrons. The fourth-order valence-corrected chi connectivity index (χ4v) is 1.05. The molecule has 1 rings (SSSR count). The third-order valence-corrected chi connectivity index (χ3v) is 1.74. The highest BCUT2D eigenvalue weighted by Gasteiger charge is 1.93. The molecule has 1 amide bonds. The topological polar surface area (TPSA) is 29.1 Å². The minimum absolute atomic E-state index is 0.354. The molecule has 0 saturated heterocycles. The number of anilines is 1. The van der Waals surface area contributed by atoms with Gasteiger partial charge in [0, 0.05) is 10.2 Å². The second-order valence-corrected chi connectivity index (χ2v) is 3.26. The van der Waals surface area contributed by atoms with E-state index in [1.807, 2.05) is 12.1 Å². The third-order valence-electron chi connectivity index (χ3n) is 1.10. The predicted octanol–water partition coefficient (Wildman–Crippen LogP) is 2.91. The highest BCUT2D eigenvalue weighted by molar-refractivity contribution is 9.10. The van der Waals surface area contributed by atoms with Crippen LogP contribution in [0.5, 0.6) is 0 Å². The molecule has 0 atom stereocenters. The standard InChI is InChI=1S/C7H6BrNOS/c8-5-1-3-6(4-2-5)9-7(10)11/h1-4H,(H2,9,10,11). The molecular formula is C7H6BrNOS. The van der Waals surface area contributed by atoms with Crippen molar-refractivity contribution < 1.29 is 4.79 Å². The molecule has 2 nitrogen and oxygen atoms in total. The van der Waals surface area contributed by atoms with Crippen molar-refractivity contribution in [3.05, 3.63) is 28.7 Å². The van der Waals surface area contributed by atoms with Crippen LogP contribution in [0.1, 0.15) is 0 Å². The third kappa shape index (κ3) is 2.95. The van der Waals surface area contributed by atoms with Crippen molar-refractivity contribution in [1.29, 1.82) is 0 Å². The number of nitrogens with one attached hydrogen (secondary N) is 1. The molecule has 0 aliphatic rings. The van der Waals surface area contributed by atoms with Crippen molar-refractivity contribution in [2.45, 2.75) is 0 Å². The lowest BCUT2D eigenvalue weighted by atomic mass is 10.3. The molecule has 1 aromatic rings. The summed E-state index contributed by atoms with van der Waals surface area (Å²) in [5.41, 5.74) is 0.744. The van der Waals surface area contributed by atoms with Gasteiger partial charge in [0.25, 0.3) is 5.24 Å². The summed E-state index contributed by atoms with van der Waals surface area (Å²) in [4.78, 5) is 10.4. The maximum absolute atomic E-state index is 10.4. The summed E-state index contributed by atoms with van der Waals surface area (Å²) in [5, 5.41) is 2.18. The Morgan fingerprint density at radius 2 is 1.91 bits per heavy atom. The molecule has 0 aromatic heterocycles. The van der Waals surface area contributed by atoms with Crippen LogP contribution in [0.25, 0.3) is 0 Å². The summed E-state index contributed by atoms with van der Waals surface area (Å²) in [6.07, 6.45) is 0. The number of amides is 1. The van der Waals surface area contributed by atoms with E-state index in [1.165, 1.54) is 0 Å². The van der Waals surface area contributed by atoms with Crippen molar-refractivity contribution in [3.63, 3.8) is 0 Å². The predicted molar refractivity (Wildman–Crippen MR) is 52.1 cm³/mol. The molecule has 0 aliphatic carbocycles. The van der Waals surface area contributed by atoms with Crippen LogP contribution in [-0.2, 0) is 0 Å². The lowest BCUT2D eigenvalue weighted by Gasteiger charge is -1.99. The first-order valence-electron chi connectivity index (χ1n) is 2.94. The van der Waals surface area contributed by atoms with E-state index < -0.39 is 0 Å². The van der Waals surface area contributed by atoms with Gasteiger partial charge in [0.2, 0.25) is 0 Å². The van der Waals surface area contributed by atoms with Crippen LogP contribution in [-0.4, -0.2) is 5.24 Å². The maximum Gasteiger partial charge on any atom is 0.280 e. The minimum atomic E-state index is -0.354. The van der Waals surface area contributed by atoms with Gasteiger partial charge in [-0.15, -0.1) is 0 Å². The number of rotatable bonds is 1. The van der Waals surface area contributed by atoms with E-state index in [4.69, 9.17) is 0 Å². The summed E-state index contributed by atoms with van der Waals surface area (Å²) >= 11 is 6.85. The molecule has 1 N–H and O–H groups in total. The van der Waals surface area contributed by atoms with E-state index >= 15 is 0 Å². The number of halogens is 1. The Bertz CT molecular complexity index is 260. The molecule has 1 aromatic carbocycles. The van der Waals surface area contributed by atoms with E-state index in [9.17, 15) is 4.79 Å². The Morgan fingerprint density at radius 3 is 2.36 bits per heavy atom. The summed E-state index contributed by atoms with van der Waals surface area (Å²) in [6.45, 7) is 0. The average Bonchev–Trinajstić information content (AvgIpc) is 1.93. The van der Waals surface area contributed by atoms with Crippen molar-refractivity contribution in [1.82, 2.24) is 0 Å². The van der Waals surface area contributed by atoms with Crippen LogP contribution in [0.2, 0.25) is 0 Å². The highest BCUT2D eigenvalue weighted by atomic mass is 79.9. The zero-order valence-electron chi connectivity index (χ0n) is 5.54. The van der Waals surface area contributed by atoms with Gasteiger partial charge in [-0.2, -0.15) is 0 Å². The van der Waals surface area contributed by atoms with Crippen molar-refractivity contribution in [2.75, 3.05) is 5.32 Å². The summed E-state index contributed by atoms with van der Waals surface area (Å²) in [7, 11) is 0. The monoisotopic (exact) mass is 231 g/mol. The van der Waals surface area contributed by atoms with E-state index in [-0.39, 0.29) is 5.24 Å². The first-order chi connectivity index (χ1) is 5.18. The Hall–Kier alpha value is -0.480. The zero-order chi connectivity index (χ0) is 8.27. The fraction of sp³-hybridized carbons (Fsp3) is 0. The first-order valence-corrected chi connectivity index (χ1v) is 4.18. The molecule has 0 saturated carbocycles. The van der Waals surface area contributed by atoms with Crippen molar-refractivity contribution in [2.24, 2.45) is 0 Å². The second kappa shape index (κ2) is 3.78. The highest BCUT2D eigenvalue weighted by Crippen LogP contribution is 2.14. The molecular weight excluding hydrogens is 226 g/mol. The largest absolute Gasteiger partial charge is 0.317 e. The van der Waals surface area contributed by atoms with E-state index in [0.29, 0.717) is 0 Å². The first kappa shape index (κ1) is 8.62.